The summed E-state index contributed by atoms with van der Waals surface area (Å²) in [6.45, 7) is 1.82. The van der Waals surface area contributed by atoms with Gasteiger partial charge in [0.1, 0.15) is 5.78 Å². The largest absolute Gasteiger partial charge is 0.322 e. The topological polar surface area (TPSA) is 43.1 Å². The number of terminal acetylenes is 1. The van der Waals surface area contributed by atoms with E-state index >= 15 is 0 Å². The molecule has 0 aliphatic carbocycles. The SMILES string of the molecule is C#CCCCC(N)C(=O)CC. The van der Waals surface area contributed by atoms with E-state index in [0.717, 1.165) is 12.8 Å². The van der Waals surface area contributed by atoms with E-state index < -0.39 is 0 Å². The standard InChI is InChI=1S/C9H15NO/c1-3-5-6-7-8(10)9(11)4-2/h1,8H,4-7,10H2,2H3. The molecule has 0 saturated heterocycles. The van der Waals surface area contributed by atoms with Crippen molar-refractivity contribution in [3.63, 3.8) is 0 Å². The Balaban J connectivity index is 3.45. The number of unbranched alkanes of at least 4 members (excludes halogenated alkanes) is 1. The van der Waals surface area contributed by atoms with Crippen molar-refractivity contribution in [1.29, 1.82) is 0 Å². The van der Waals surface area contributed by atoms with Crippen molar-refractivity contribution < 1.29 is 4.79 Å². The van der Waals surface area contributed by atoms with Gasteiger partial charge in [0.25, 0.3) is 0 Å². The smallest absolute Gasteiger partial charge is 0.149 e. The van der Waals surface area contributed by atoms with E-state index in [9.17, 15) is 4.79 Å². The first-order chi connectivity index (χ1) is 5.22. The van der Waals surface area contributed by atoms with Crippen molar-refractivity contribution in [1.82, 2.24) is 0 Å². The molecule has 2 heteroatoms. The van der Waals surface area contributed by atoms with E-state index in [1.54, 1.807) is 0 Å². The molecule has 0 aliphatic rings. The van der Waals surface area contributed by atoms with Crippen LogP contribution in [0.25, 0.3) is 0 Å². The first-order valence-corrected chi connectivity index (χ1v) is 3.94. The quantitative estimate of drug-likeness (QED) is 0.474. The molecule has 1 unspecified atom stereocenters. The van der Waals surface area contributed by atoms with E-state index in [1.165, 1.54) is 0 Å². The average molecular weight is 153 g/mol. The zero-order valence-electron chi connectivity index (χ0n) is 6.97. The van der Waals surface area contributed by atoms with Crippen LogP contribution in [0.4, 0.5) is 0 Å². The average Bonchev–Trinajstić information content (AvgIpc) is 2.03. The van der Waals surface area contributed by atoms with Gasteiger partial charge in [0.05, 0.1) is 6.04 Å². The monoisotopic (exact) mass is 153 g/mol. The lowest BCUT2D eigenvalue weighted by Gasteiger charge is -2.06. The Morgan fingerprint density at radius 1 is 1.73 bits per heavy atom. The van der Waals surface area contributed by atoms with Crippen LogP contribution in [-0.2, 0) is 4.79 Å². The molecule has 0 aromatic carbocycles. The molecule has 62 valence electrons. The fourth-order valence-electron chi connectivity index (χ4n) is 0.847. The fourth-order valence-corrected chi connectivity index (χ4v) is 0.847. The summed E-state index contributed by atoms with van der Waals surface area (Å²) in [6, 6.07) is -0.298. The Hall–Kier alpha value is -0.810. The first kappa shape index (κ1) is 10.2. The summed E-state index contributed by atoms with van der Waals surface area (Å²) in [5, 5.41) is 0. The van der Waals surface area contributed by atoms with Gasteiger partial charge in [-0.1, -0.05) is 6.92 Å². The van der Waals surface area contributed by atoms with Crippen LogP contribution in [0.2, 0.25) is 0 Å². The van der Waals surface area contributed by atoms with Crippen molar-refractivity contribution in [2.75, 3.05) is 0 Å². The molecular formula is C9H15NO. The normalized spacial score (nSPS) is 12.1. The van der Waals surface area contributed by atoms with Gasteiger partial charge in [-0.15, -0.1) is 12.3 Å². The highest BCUT2D eigenvalue weighted by molar-refractivity contribution is 5.83. The molecule has 0 amide bonds. The minimum atomic E-state index is -0.298. The number of carbonyl (C=O) groups excluding carboxylic acids is 1. The molecule has 0 radical (unpaired) electrons. The van der Waals surface area contributed by atoms with Crippen LogP contribution >= 0.6 is 0 Å². The zero-order valence-corrected chi connectivity index (χ0v) is 6.97. The highest BCUT2D eigenvalue weighted by Crippen LogP contribution is 2.00. The Labute approximate surface area is 68.2 Å². The minimum absolute atomic E-state index is 0.127. The van der Waals surface area contributed by atoms with Crippen LogP contribution in [0, 0.1) is 12.3 Å². The van der Waals surface area contributed by atoms with Crippen LogP contribution < -0.4 is 5.73 Å². The van der Waals surface area contributed by atoms with Gasteiger partial charge < -0.3 is 5.73 Å². The summed E-state index contributed by atoms with van der Waals surface area (Å²) in [4.78, 5) is 10.9. The number of hydrogen-bond acceptors (Lipinski definition) is 2. The van der Waals surface area contributed by atoms with Gasteiger partial charge in [0.15, 0.2) is 0 Å². The van der Waals surface area contributed by atoms with E-state index in [1.807, 2.05) is 6.92 Å². The maximum absolute atomic E-state index is 10.9. The van der Waals surface area contributed by atoms with Crippen molar-refractivity contribution >= 4 is 5.78 Å². The molecule has 2 N–H and O–H groups in total. The van der Waals surface area contributed by atoms with E-state index in [2.05, 4.69) is 5.92 Å². The first-order valence-electron chi connectivity index (χ1n) is 3.94. The van der Waals surface area contributed by atoms with Crippen LogP contribution in [0.3, 0.4) is 0 Å². The minimum Gasteiger partial charge on any atom is -0.322 e. The summed E-state index contributed by atoms with van der Waals surface area (Å²) in [6.07, 6.45) is 7.86. The number of hydrogen-bond donors (Lipinski definition) is 1. The zero-order chi connectivity index (χ0) is 8.69. The maximum atomic E-state index is 10.9. The Morgan fingerprint density at radius 2 is 2.36 bits per heavy atom. The predicted octanol–water partition coefficient (Wildman–Crippen LogP) is 1.10. The summed E-state index contributed by atoms with van der Waals surface area (Å²) in [5.41, 5.74) is 5.55. The van der Waals surface area contributed by atoms with Gasteiger partial charge in [-0.05, 0) is 12.8 Å². The number of rotatable bonds is 5. The van der Waals surface area contributed by atoms with Gasteiger partial charge >= 0.3 is 0 Å². The molecule has 0 saturated carbocycles. The third-order valence-corrected chi connectivity index (χ3v) is 1.60. The number of Topliss-reactive ketones (excluding diaryl/α,β-unsaturated/α-hetero) is 1. The van der Waals surface area contributed by atoms with E-state index in [4.69, 9.17) is 12.2 Å². The van der Waals surface area contributed by atoms with Crippen LogP contribution in [0.15, 0.2) is 0 Å². The third kappa shape index (κ3) is 4.58. The predicted molar refractivity (Wildman–Crippen MR) is 46.0 cm³/mol. The number of ketones is 1. The molecule has 0 heterocycles. The summed E-state index contributed by atoms with van der Waals surface area (Å²) in [7, 11) is 0. The number of nitrogens with two attached hydrogens (primary N) is 1. The second-order valence-electron chi connectivity index (χ2n) is 2.52. The molecule has 0 aromatic rings. The molecule has 11 heavy (non-hydrogen) atoms. The van der Waals surface area contributed by atoms with Crippen LogP contribution in [0.5, 0.6) is 0 Å². The van der Waals surface area contributed by atoms with Gasteiger partial charge in [-0.25, -0.2) is 0 Å². The highest BCUT2D eigenvalue weighted by atomic mass is 16.1. The van der Waals surface area contributed by atoms with Gasteiger partial charge in [0.2, 0.25) is 0 Å². The van der Waals surface area contributed by atoms with Crippen LogP contribution in [-0.4, -0.2) is 11.8 Å². The van der Waals surface area contributed by atoms with E-state index in [0.29, 0.717) is 12.8 Å². The van der Waals surface area contributed by atoms with Crippen molar-refractivity contribution in [3.05, 3.63) is 0 Å². The molecule has 0 aromatic heterocycles. The second kappa shape index (κ2) is 5.94. The van der Waals surface area contributed by atoms with Gasteiger partial charge in [0, 0.05) is 12.8 Å². The maximum Gasteiger partial charge on any atom is 0.149 e. The highest BCUT2D eigenvalue weighted by Gasteiger charge is 2.09. The van der Waals surface area contributed by atoms with E-state index in [-0.39, 0.29) is 11.8 Å². The second-order valence-corrected chi connectivity index (χ2v) is 2.52. The lowest BCUT2D eigenvalue weighted by Crippen LogP contribution is -2.29. The Kier molecular flexibility index (Phi) is 5.50. The van der Waals surface area contributed by atoms with Crippen molar-refractivity contribution in [3.8, 4) is 12.3 Å². The fraction of sp³-hybridized carbons (Fsp3) is 0.667. The summed E-state index contributed by atoms with van der Waals surface area (Å²) < 4.78 is 0. The van der Waals surface area contributed by atoms with Gasteiger partial charge in [-0.2, -0.15) is 0 Å². The summed E-state index contributed by atoms with van der Waals surface area (Å²) >= 11 is 0. The third-order valence-electron chi connectivity index (χ3n) is 1.60. The van der Waals surface area contributed by atoms with Gasteiger partial charge in [-0.3, -0.25) is 4.79 Å². The summed E-state index contributed by atoms with van der Waals surface area (Å²) in [5.74, 6) is 2.64. The Bertz CT molecular complexity index is 157. The molecule has 0 aliphatic heterocycles. The Morgan fingerprint density at radius 3 is 2.82 bits per heavy atom. The molecular weight excluding hydrogens is 138 g/mol. The molecule has 0 spiro atoms. The molecule has 2 nitrogen and oxygen atoms in total. The molecule has 1 atom stereocenters. The molecule has 0 bridgehead atoms. The molecule has 0 rings (SSSR count). The lowest BCUT2D eigenvalue weighted by atomic mass is 10.1. The van der Waals surface area contributed by atoms with Crippen molar-refractivity contribution in [2.24, 2.45) is 5.73 Å². The van der Waals surface area contributed by atoms with Crippen molar-refractivity contribution in [2.45, 2.75) is 38.6 Å². The number of carbonyl (C=O) groups is 1. The molecule has 0 fully saturated rings. The van der Waals surface area contributed by atoms with Crippen LogP contribution in [0.1, 0.15) is 32.6 Å². The lowest BCUT2D eigenvalue weighted by molar-refractivity contribution is -0.120.